The molecule has 1 fully saturated rings. The van der Waals surface area contributed by atoms with E-state index in [1.807, 2.05) is 23.1 Å². The Bertz CT molecular complexity index is 660. The van der Waals surface area contributed by atoms with Gasteiger partial charge < -0.3 is 19.5 Å². The van der Waals surface area contributed by atoms with Crippen molar-refractivity contribution in [3.8, 4) is 11.5 Å². The molecule has 6 heteroatoms. The number of carbonyl (C=O) groups excluding carboxylic acids is 1. The van der Waals surface area contributed by atoms with Crippen LogP contribution in [0.3, 0.4) is 0 Å². The highest BCUT2D eigenvalue weighted by atomic mass is 16.5. The molecule has 1 aromatic rings. The van der Waals surface area contributed by atoms with Gasteiger partial charge in [-0.2, -0.15) is 0 Å². The van der Waals surface area contributed by atoms with Crippen LogP contribution in [0.5, 0.6) is 11.5 Å². The van der Waals surface area contributed by atoms with E-state index in [-0.39, 0.29) is 18.4 Å². The van der Waals surface area contributed by atoms with Gasteiger partial charge in [0.2, 0.25) is 5.91 Å². The van der Waals surface area contributed by atoms with Crippen molar-refractivity contribution in [3.63, 3.8) is 0 Å². The average Bonchev–Trinajstić information content (AvgIpc) is 2.69. The molecule has 1 N–H and O–H groups in total. The lowest BCUT2D eigenvalue weighted by Gasteiger charge is -2.39. The number of ether oxygens (including phenoxy) is 2. The summed E-state index contributed by atoms with van der Waals surface area (Å²) in [5.41, 5.74) is 1.01. The number of carboxylic acid groups (broad SMARTS) is 1. The summed E-state index contributed by atoms with van der Waals surface area (Å²) in [6.45, 7) is 2.76. The summed E-state index contributed by atoms with van der Waals surface area (Å²) in [6.07, 6.45) is 6.17. The van der Waals surface area contributed by atoms with Gasteiger partial charge in [0.25, 0.3) is 0 Å². The number of rotatable bonds is 10. The fourth-order valence-electron chi connectivity index (χ4n) is 4.02. The quantitative estimate of drug-likeness (QED) is 0.603. The van der Waals surface area contributed by atoms with Gasteiger partial charge in [0.1, 0.15) is 0 Å². The highest BCUT2D eigenvalue weighted by molar-refractivity contribution is 5.76. The first-order valence-electron chi connectivity index (χ1n) is 10.2. The summed E-state index contributed by atoms with van der Waals surface area (Å²) < 4.78 is 10.7. The molecule has 0 aromatic heterocycles. The summed E-state index contributed by atoms with van der Waals surface area (Å²) in [4.78, 5) is 25.7. The number of carbonyl (C=O) groups is 2. The molecule has 1 aromatic carbocycles. The van der Waals surface area contributed by atoms with Crippen molar-refractivity contribution in [2.45, 2.75) is 70.9 Å². The third-order valence-corrected chi connectivity index (χ3v) is 5.62. The Kier molecular flexibility index (Phi) is 8.61. The van der Waals surface area contributed by atoms with Crippen LogP contribution in [-0.4, -0.2) is 42.1 Å². The third-order valence-electron chi connectivity index (χ3n) is 5.62. The SMILES string of the molecule is COc1ccc(CN(C(=O)CCCCC(=O)O)C2CCCCC2C)cc1OC. The number of nitrogens with zero attached hydrogens (tertiary/aromatic N) is 1. The first kappa shape index (κ1) is 22.1. The number of methoxy groups -OCH3 is 2. The third kappa shape index (κ3) is 6.14. The van der Waals surface area contributed by atoms with Crippen molar-refractivity contribution in [1.29, 1.82) is 0 Å². The zero-order chi connectivity index (χ0) is 20.5. The second-order valence-corrected chi connectivity index (χ2v) is 7.64. The summed E-state index contributed by atoms with van der Waals surface area (Å²) in [5, 5.41) is 8.80. The van der Waals surface area contributed by atoms with E-state index >= 15 is 0 Å². The topological polar surface area (TPSA) is 76.1 Å². The summed E-state index contributed by atoms with van der Waals surface area (Å²) in [6, 6.07) is 6.00. The van der Waals surface area contributed by atoms with Gasteiger partial charge in [0.05, 0.1) is 14.2 Å². The Morgan fingerprint density at radius 2 is 1.75 bits per heavy atom. The van der Waals surface area contributed by atoms with E-state index in [9.17, 15) is 9.59 Å². The molecule has 0 bridgehead atoms. The molecule has 1 aliphatic rings. The molecule has 2 atom stereocenters. The Balaban J connectivity index is 2.13. The van der Waals surface area contributed by atoms with Gasteiger partial charge in [-0.25, -0.2) is 0 Å². The molecule has 1 amide bonds. The number of amides is 1. The van der Waals surface area contributed by atoms with Crippen LogP contribution in [0.15, 0.2) is 18.2 Å². The number of hydrogen-bond donors (Lipinski definition) is 1. The minimum atomic E-state index is -0.810. The molecule has 6 nitrogen and oxygen atoms in total. The van der Waals surface area contributed by atoms with Crippen LogP contribution in [0.2, 0.25) is 0 Å². The molecule has 0 aliphatic heterocycles. The Morgan fingerprint density at radius 1 is 1.07 bits per heavy atom. The second kappa shape index (κ2) is 10.9. The summed E-state index contributed by atoms with van der Waals surface area (Å²) in [7, 11) is 3.21. The number of carboxylic acids is 1. The van der Waals surface area contributed by atoms with Crippen LogP contribution in [0.4, 0.5) is 0 Å². The standard InChI is InChI=1S/C22H33NO5/c1-16-8-4-5-9-18(16)23(21(24)10-6-7-11-22(25)26)15-17-12-13-19(27-2)20(14-17)28-3/h12-14,16,18H,4-11,15H2,1-3H3,(H,25,26). The van der Waals surface area contributed by atoms with Gasteiger partial charge in [-0.3, -0.25) is 9.59 Å². The molecule has 1 saturated carbocycles. The van der Waals surface area contributed by atoms with Crippen LogP contribution in [0.1, 0.15) is 63.9 Å². The van der Waals surface area contributed by atoms with Crippen molar-refractivity contribution in [2.24, 2.45) is 5.92 Å². The molecule has 28 heavy (non-hydrogen) atoms. The lowest BCUT2D eigenvalue weighted by molar-refractivity contribution is -0.138. The van der Waals surface area contributed by atoms with Crippen LogP contribution in [-0.2, 0) is 16.1 Å². The zero-order valence-electron chi connectivity index (χ0n) is 17.3. The van der Waals surface area contributed by atoms with Gasteiger partial charge in [-0.1, -0.05) is 25.8 Å². The highest BCUT2D eigenvalue weighted by Crippen LogP contribution is 2.32. The number of benzene rings is 1. The predicted octanol–water partition coefficient (Wildman–Crippen LogP) is 4.26. The van der Waals surface area contributed by atoms with Crippen molar-refractivity contribution >= 4 is 11.9 Å². The molecule has 1 aliphatic carbocycles. The fraction of sp³-hybridized carbons (Fsp3) is 0.636. The number of hydrogen-bond acceptors (Lipinski definition) is 4. The van der Waals surface area contributed by atoms with E-state index in [0.29, 0.717) is 43.2 Å². The molecule has 0 heterocycles. The van der Waals surface area contributed by atoms with E-state index in [2.05, 4.69) is 6.92 Å². The first-order chi connectivity index (χ1) is 13.5. The van der Waals surface area contributed by atoms with Crippen LogP contribution >= 0.6 is 0 Å². The van der Waals surface area contributed by atoms with E-state index in [1.54, 1.807) is 14.2 Å². The molecule has 2 rings (SSSR count). The smallest absolute Gasteiger partial charge is 0.303 e. The van der Waals surface area contributed by atoms with E-state index < -0.39 is 5.97 Å². The molecule has 0 spiro atoms. The molecule has 0 radical (unpaired) electrons. The van der Waals surface area contributed by atoms with Gasteiger partial charge in [-0.05, 0) is 49.3 Å². The normalized spacial score (nSPS) is 19.1. The van der Waals surface area contributed by atoms with Gasteiger partial charge in [0, 0.05) is 25.4 Å². The van der Waals surface area contributed by atoms with Gasteiger partial charge in [-0.15, -0.1) is 0 Å². The molecule has 0 saturated heterocycles. The fourth-order valence-corrected chi connectivity index (χ4v) is 4.02. The first-order valence-corrected chi connectivity index (χ1v) is 10.2. The molecular weight excluding hydrogens is 358 g/mol. The van der Waals surface area contributed by atoms with Crippen LogP contribution in [0, 0.1) is 5.92 Å². The Morgan fingerprint density at radius 3 is 2.39 bits per heavy atom. The molecule has 2 unspecified atom stereocenters. The largest absolute Gasteiger partial charge is 0.493 e. The van der Waals surface area contributed by atoms with Crippen molar-refractivity contribution in [3.05, 3.63) is 23.8 Å². The van der Waals surface area contributed by atoms with E-state index in [4.69, 9.17) is 14.6 Å². The van der Waals surface area contributed by atoms with Crippen molar-refractivity contribution in [1.82, 2.24) is 4.90 Å². The van der Waals surface area contributed by atoms with Gasteiger partial charge in [0.15, 0.2) is 11.5 Å². The molecular formula is C22H33NO5. The number of unbranched alkanes of at least 4 members (excludes halogenated alkanes) is 1. The number of aliphatic carboxylic acids is 1. The van der Waals surface area contributed by atoms with E-state index in [0.717, 1.165) is 24.8 Å². The predicted molar refractivity (Wildman–Crippen MR) is 108 cm³/mol. The zero-order valence-corrected chi connectivity index (χ0v) is 17.3. The van der Waals surface area contributed by atoms with Crippen LogP contribution < -0.4 is 9.47 Å². The Labute approximate surface area is 167 Å². The van der Waals surface area contributed by atoms with Crippen LogP contribution in [0.25, 0.3) is 0 Å². The molecule has 156 valence electrons. The summed E-state index contributed by atoms with van der Waals surface area (Å²) in [5.74, 6) is 1.10. The monoisotopic (exact) mass is 391 g/mol. The average molecular weight is 392 g/mol. The van der Waals surface area contributed by atoms with Crippen molar-refractivity contribution in [2.75, 3.05) is 14.2 Å². The van der Waals surface area contributed by atoms with Gasteiger partial charge >= 0.3 is 5.97 Å². The lowest BCUT2D eigenvalue weighted by atomic mass is 9.84. The minimum Gasteiger partial charge on any atom is -0.493 e. The maximum absolute atomic E-state index is 13.0. The van der Waals surface area contributed by atoms with Crippen molar-refractivity contribution < 1.29 is 24.2 Å². The highest BCUT2D eigenvalue weighted by Gasteiger charge is 2.30. The Hall–Kier alpha value is -2.24. The van der Waals surface area contributed by atoms with E-state index in [1.165, 1.54) is 6.42 Å². The maximum atomic E-state index is 13.0. The lowest BCUT2D eigenvalue weighted by Crippen LogP contribution is -2.44. The minimum absolute atomic E-state index is 0.110. The maximum Gasteiger partial charge on any atom is 0.303 e. The second-order valence-electron chi connectivity index (χ2n) is 7.64. The summed E-state index contributed by atoms with van der Waals surface area (Å²) >= 11 is 0.